The number of rotatable bonds is 8. The highest BCUT2D eigenvalue weighted by Gasteiger charge is 2.31. The number of thioether (sulfide) groups is 1. The van der Waals surface area contributed by atoms with Crippen LogP contribution in [0, 0.1) is 0 Å². The highest BCUT2D eigenvalue weighted by atomic mass is 32.2. The van der Waals surface area contributed by atoms with E-state index >= 15 is 0 Å². The van der Waals surface area contributed by atoms with Gasteiger partial charge in [-0.15, -0.1) is 0 Å². The molecule has 7 nitrogen and oxygen atoms in total. The fourth-order valence-corrected chi connectivity index (χ4v) is 2.28. The molecule has 0 bridgehead atoms. The summed E-state index contributed by atoms with van der Waals surface area (Å²) >= 11 is -0.371. The fourth-order valence-electron chi connectivity index (χ4n) is 1.69. The van der Waals surface area contributed by atoms with Gasteiger partial charge in [0.1, 0.15) is 5.60 Å². The summed E-state index contributed by atoms with van der Waals surface area (Å²) in [6.07, 6.45) is -1.70. The number of carboxylic acid groups (broad SMARTS) is 1. The van der Waals surface area contributed by atoms with E-state index in [1.54, 1.807) is 20.8 Å². The lowest BCUT2D eigenvalue weighted by Gasteiger charge is -2.24. The summed E-state index contributed by atoms with van der Waals surface area (Å²) in [4.78, 5) is 34.1. The maximum atomic E-state index is 12.4. The molecule has 0 aromatic rings. The molecular weight excluding hydrogens is 365 g/mol. The van der Waals surface area contributed by atoms with Crippen LogP contribution < -0.4 is 10.6 Å². The molecule has 0 fully saturated rings. The molecule has 146 valence electrons. The minimum Gasteiger partial charge on any atom is -0.481 e. The molecule has 25 heavy (non-hydrogen) atoms. The van der Waals surface area contributed by atoms with E-state index in [4.69, 9.17) is 9.84 Å². The Kier molecular flexibility index (Phi) is 9.09. The number of nitrogens with one attached hydrogen (secondary N) is 2. The number of carbonyl (C=O) groups is 3. The maximum Gasteiger partial charge on any atom is 0.441 e. The Bertz CT molecular complexity index is 480. The fraction of sp³-hybridized carbons (Fsp3) is 0.786. The number of alkyl carbamates (subject to hydrolysis) is 1. The average Bonchev–Trinajstić information content (AvgIpc) is 2.30. The van der Waals surface area contributed by atoms with E-state index in [0.717, 1.165) is 0 Å². The largest absolute Gasteiger partial charge is 0.481 e. The van der Waals surface area contributed by atoms with Crippen molar-refractivity contribution in [2.75, 3.05) is 5.75 Å². The number of amides is 2. The molecule has 0 heterocycles. The van der Waals surface area contributed by atoms with E-state index in [1.807, 2.05) is 0 Å². The van der Waals surface area contributed by atoms with Gasteiger partial charge in [0.25, 0.3) is 0 Å². The van der Waals surface area contributed by atoms with E-state index < -0.39 is 53.3 Å². The molecule has 0 spiro atoms. The minimum atomic E-state index is -4.51. The molecule has 0 aliphatic rings. The number of hydrogen-bond donors (Lipinski definition) is 3. The second kappa shape index (κ2) is 9.73. The molecule has 0 aromatic carbocycles. The van der Waals surface area contributed by atoms with Crippen LogP contribution in [0.1, 0.15) is 40.5 Å². The average molecular weight is 388 g/mol. The Hall–Kier alpha value is -1.65. The number of hydrogen-bond acceptors (Lipinski definition) is 5. The second-order valence-electron chi connectivity index (χ2n) is 6.37. The van der Waals surface area contributed by atoms with Gasteiger partial charge in [0.15, 0.2) is 0 Å². The van der Waals surface area contributed by atoms with E-state index in [1.165, 1.54) is 6.92 Å². The van der Waals surface area contributed by atoms with Crippen LogP contribution in [0.15, 0.2) is 0 Å². The number of halogens is 3. The standard InChI is InChI=1S/C14H23F3N2O5S/c1-8(5-11(21)22)18-10(20)6-9(7-25-14(15,16)17)19-12(23)24-13(2,3)4/h8-9H,5-7H2,1-4H3,(H,18,20)(H,19,23)(H,21,22)/t8-,9+/m0/s1. The van der Waals surface area contributed by atoms with Crippen LogP contribution in [0.4, 0.5) is 18.0 Å². The van der Waals surface area contributed by atoms with Crippen molar-refractivity contribution in [1.82, 2.24) is 10.6 Å². The van der Waals surface area contributed by atoms with Crippen LogP contribution in [0.3, 0.4) is 0 Å². The highest BCUT2D eigenvalue weighted by Crippen LogP contribution is 2.30. The van der Waals surface area contributed by atoms with Gasteiger partial charge in [-0.2, -0.15) is 13.2 Å². The minimum absolute atomic E-state index is 0.326. The van der Waals surface area contributed by atoms with Crippen molar-refractivity contribution in [3.8, 4) is 0 Å². The van der Waals surface area contributed by atoms with Gasteiger partial charge in [-0.05, 0) is 39.5 Å². The molecule has 2 atom stereocenters. The lowest BCUT2D eigenvalue weighted by molar-refractivity contribution is -0.137. The van der Waals surface area contributed by atoms with Crippen LogP contribution in [-0.2, 0) is 14.3 Å². The molecule has 2 amide bonds. The molecule has 0 saturated heterocycles. The maximum absolute atomic E-state index is 12.4. The predicted octanol–water partition coefficient (Wildman–Crippen LogP) is 2.50. The van der Waals surface area contributed by atoms with E-state index in [-0.39, 0.29) is 18.2 Å². The molecule has 0 unspecified atom stereocenters. The van der Waals surface area contributed by atoms with Crippen molar-refractivity contribution in [1.29, 1.82) is 0 Å². The van der Waals surface area contributed by atoms with E-state index in [0.29, 0.717) is 0 Å². The summed E-state index contributed by atoms with van der Waals surface area (Å²) in [5.41, 5.74) is -5.36. The third kappa shape index (κ3) is 14.4. The number of aliphatic carboxylic acids is 1. The van der Waals surface area contributed by atoms with Crippen molar-refractivity contribution in [2.24, 2.45) is 0 Å². The van der Waals surface area contributed by atoms with E-state index in [2.05, 4.69) is 10.6 Å². The Labute approximate surface area is 148 Å². The van der Waals surface area contributed by atoms with Gasteiger partial charge < -0.3 is 20.5 Å². The van der Waals surface area contributed by atoms with Crippen LogP contribution in [0.2, 0.25) is 0 Å². The van der Waals surface area contributed by atoms with Crippen molar-refractivity contribution >= 4 is 29.7 Å². The Morgan fingerprint density at radius 3 is 2.12 bits per heavy atom. The molecule has 0 saturated carbocycles. The summed E-state index contributed by atoms with van der Waals surface area (Å²) in [5, 5.41) is 13.2. The van der Waals surface area contributed by atoms with Crippen molar-refractivity contribution < 1.29 is 37.4 Å². The smallest absolute Gasteiger partial charge is 0.441 e. The summed E-state index contributed by atoms with van der Waals surface area (Å²) in [7, 11) is 0. The van der Waals surface area contributed by atoms with Gasteiger partial charge in [-0.25, -0.2) is 4.79 Å². The zero-order valence-electron chi connectivity index (χ0n) is 14.4. The summed E-state index contributed by atoms with van der Waals surface area (Å²) in [6, 6.07) is -1.82. The Morgan fingerprint density at radius 2 is 1.68 bits per heavy atom. The summed E-state index contributed by atoms with van der Waals surface area (Å²) < 4.78 is 42.1. The van der Waals surface area contributed by atoms with Crippen LogP contribution in [0.5, 0.6) is 0 Å². The lowest BCUT2D eigenvalue weighted by Crippen LogP contribution is -2.44. The molecule has 0 aromatic heterocycles. The van der Waals surface area contributed by atoms with E-state index in [9.17, 15) is 27.6 Å². The molecule has 3 N–H and O–H groups in total. The van der Waals surface area contributed by atoms with Gasteiger partial charge in [-0.1, -0.05) is 0 Å². The van der Waals surface area contributed by atoms with Crippen molar-refractivity contribution in [3.05, 3.63) is 0 Å². The van der Waals surface area contributed by atoms with Gasteiger partial charge >= 0.3 is 17.6 Å². The first kappa shape index (κ1) is 23.4. The van der Waals surface area contributed by atoms with Crippen LogP contribution in [0.25, 0.3) is 0 Å². The zero-order chi connectivity index (χ0) is 19.8. The number of ether oxygens (including phenoxy) is 1. The number of alkyl halides is 3. The van der Waals surface area contributed by atoms with Crippen LogP contribution in [-0.4, -0.2) is 52.0 Å². The molecular formula is C14H23F3N2O5S. The molecule has 11 heteroatoms. The topological polar surface area (TPSA) is 105 Å². The molecule has 0 rings (SSSR count). The highest BCUT2D eigenvalue weighted by molar-refractivity contribution is 8.00. The van der Waals surface area contributed by atoms with Crippen molar-refractivity contribution in [2.45, 2.75) is 63.7 Å². The van der Waals surface area contributed by atoms with Crippen molar-refractivity contribution in [3.63, 3.8) is 0 Å². The Balaban J connectivity index is 4.74. The normalized spacial score (nSPS) is 14.4. The molecule has 0 radical (unpaired) electrons. The predicted molar refractivity (Wildman–Crippen MR) is 86.1 cm³/mol. The first-order valence-electron chi connectivity index (χ1n) is 7.39. The zero-order valence-corrected chi connectivity index (χ0v) is 15.2. The van der Waals surface area contributed by atoms with Gasteiger partial charge in [0.05, 0.1) is 12.5 Å². The van der Waals surface area contributed by atoms with Gasteiger partial charge in [-0.3, -0.25) is 9.59 Å². The molecule has 0 aliphatic heterocycles. The first-order valence-corrected chi connectivity index (χ1v) is 8.38. The third-order valence-corrected chi connectivity index (χ3v) is 3.39. The van der Waals surface area contributed by atoms with Gasteiger partial charge in [0.2, 0.25) is 5.91 Å². The Morgan fingerprint density at radius 1 is 1.12 bits per heavy atom. The third-order valence-electron chi connectivity index (χ3n) is 2.49. The lowest BCUT2D eigenvalue weighted by atomic mass is 10.2. The summed E-state index contributed by atoms with van der Waals surface area (Å²) in [5.74, 6) is -2.37. The second-order valence-corrected chi connectivity index (χ2v) is 7.46. The first-order chi connectivity index (χ1) is 11.2. The quantitative estimate of drug-likeness (QED) is 0.590. The van der Waals surface area contributed by atoms with Crippen LogP contribution >= 0.6 is 11.8 Å². The number of carboxylic acids is 1. The summed E-state index contributed by atoms with van der Waals surface area (Å²) in [6.45, 7) is 6.22. The monoisotopic (exact) mass is 388 g/mol. The van der Waals surface area contributed by atoms with Gasteiger partial charge in [0, 0.05) is 18.2 Å². The SMILES string of the molecule is C[C@@H](CC(=O)O)NC(=O)C[C@H](CSC(F)(F)F)NC(=O)OC(C)(C)C. The number of carbonyl (C=O) groups excluding carboxylic acids is 2. The molecule has 0 aliphatic carbocycles.